The molecule has 4 rings (SSSR count). The Balaban J connectivity index is 0.000000970. The number of carbonyl (C=O) groups excluding carboxylic acids is 1. The number of hydrogen-bond acceptors (Lipinski definition) is 6. The van der Waals surface area contributed by atoms with E-state index in [2.05, 4.69) is 5.32 Å². The summed E-state index contributed by atoms with van der Waals surface area (Å²) in [6.45, 7) is 11.7. The van der Waals surface area contributed by atoms with Gasteiger partial charge in [0, 0.05) is 34.9 Å². The molecule has 6 nitrogen and oxygen atoms in total. The van der Waals surface area contributed by atoms with Crippen molar-refractivity contribution in [3.05, 3.63) is 76.6 Å². The summed E-state index contributed by atoms with van der Waals surface area (Å²) in [4.78, 5) is 13.5. The van der Waals surface area contributed by atoms with Gasteiger partial charge in [-0.05, 0) is 37.3 Å². The largest absolute Gasteiger partial charge is 0.512 e. The molecule has 34 heavy (non-hydrogen) atoms. The molecule has 1 atom stereocenters. The van der Waals surface area contributed by atoms with Gasteiger partial charge < -0.3 is 25.0 Å². The van der Waals surface area contributed by atoms with Crippen molar-refractivity contribution < 1.29 is 24.5 Å². The number of allylic oxidation sites excluding steroid dienone is 3. The number of phenolic OH excluding ortho intramolecular Hbond substituents is 1. The van der Waals surface area contributed by atoms with Crippen LogP contribution in [0, 0.1) is 0 Å². The Morgan fingerprint density at radius 1 is 1.15 bits per heavy atom. The average Bonchev–Trinajstić information content (AvgIpc) is 3.12. The number of aromatic hydroxyl groups is 1. The topological polar surface area (TPSA) is 88.0 Å². The van der Waals surface area contributed by atoms with Gasteiger partial charge in [-0.15, -0.1) is 0 Å². The van der Waals surface area contributed by atoms with E-state index in [4.69, 9.17) is 21.7 Å². The number of rotatable bonds is 3. The van der Waals surface area contributed by atoms with E-state index in [9.17, 15) is 15.0 Å². The van der Waals surface area contributed by atoms with E-state index in [0.29, 0.717) is 45.1 Å². The number of hydrogen-bond donors (Lipinski definition) is 3. The number of thiocarbonyl (C=S) groups is 1. The molecule has 0 fully saturated rings. The number of esters is 1. The molecule has 2 heterocycles. The summed E-state index contributed by atoms with van der Waals surface area (Å²) >= 11 is 5.10. The van der Waals surface area contributed by atoms with Gasteiger partial charge in [-0.1, -0.05) is 59.0 Å². The van der Waals surface area contributed by atoms with Crippen LogP contribution in [0.4, 0.5) is 5.69 Å². The predicted octanol–water partition coefficient (Wildman–Crippen LogP) is 6.79. The number of phenols is 1. The maximum atomic E-state index is 12.9. The summed E-state index contributed by atoms with van der Waals surface area (Å²) < 4.78 is 11.9. The maximum absolute atomic E-state index is 12.9. The van der Waals surface area contributed by atoms with Crippen molar-refractivity contribution >= 4 is 28.9 Å². The summed E-state index contributed by atoms with van der Waals surface area (Å²) in [5.41, 5.74) is 1.87. The number of nitrogens with one attached hydrogen (secondary N) is 1. The molecule has 0 radical (unpaired) electrons. The highest BCUT2D eigenvalue weighted by atomic mass is 32.1. The average molecular weight is 484 g/mol. The molecule has 0 amide bonds. The normalized spacial score (nSPS) is 18.9. The van der Waals surface area contributed by atoms with Gasteiger partial charge in [-0.3, -0.25) is 0 Å². The first-order valence-electron chi connectivity index (χ1n) is 11.6. The number of aliphatic hydroxyl groups excluding tert-OH is 1. The molecule has 3 N–H and O–H groups in total. The molecule has 2 aromatic rings. The minimum atomic E-state index is -1.20. The van der Waals surface area contributed by atoms with Crippen LogP contribution in [-0.4, -0.2) is 27.8 Å². The van der Waals surface area contributed by atoms with E-state index in [1.165, 1.54) is 12.1 Å². The van der Waals surface area contributed by atoms with Gasteiger partial charge in [-0.25, -0.2) is 4.79 Å². The second-order valence-corrected chi connectivity index (χ2v) is 7.80. The molecule has 2 aliphatic rings. The Bertz CT molecular complexity index is 1120. The van der Waals surface area contributed by atoms with E-state index in [0.717, 1.165) is 0 Å². The lowest BCUT2D eigenvalue weighted by Gasteiger charge is -2.37. The first-order valence-corrected chi connectivity index (χ1v) is 12.0. The molecular formula is C27H33NO5S. The number of aliphatic hydroxyl groups is 1. The smallest absolute Gasteiger partial charge is 0.340 e. The van der Waals surface area contributed by atoms with Crippen LogP contribution in [0.3, 0.4) is 0 Å². The molecular weight excluding hydrogens is 450 g/mol. The van der Waals surface area contributed by atoms with Gasteiger partial charge in [0.05, 0.1) is 16.3 Å². The van der Waals surface area contributed by atoms with Crippen LogP contribution < -0.4 is 10.1 Å². The van der Waals surface area contributed by atoms with Gasteiger partial charge in [0.15, 0.2) is 5.60 Å². The Kier molecular flexibility index (Phi) is 9.27. The molecule has 1 unspecified atom stereocenters. The Morgan fingerprint density at radius 2 is 1.82 bits per heavy atom. The van der Waals surface area contributed by atoms with Gasteiger partial charge in [0.25, 0.3) is 0 Å². The highest BCUT2D eigenvalue weighted by Crippen LogP contribution is 2.53. The van der Waals surface area contributed by atoms with E-state index >= 15 is 0 Å². The molecule has 182 valence electrons. The number of carbonyl (C=O) groups is 1. The van der Waals surface area contributed by atoms with Crippen molar-refractivity contribution in [1.29, 1.82) is 0 Å². The number of ether oxygens (including phenoxy) is 2. The molecule has 2 aromatic carbocycles. The number of anilines is 1. The van der Waals surface area contributed by atoms with Crippen LogP contribution in [-0.2, 0) is 10.3 Å². The van der Waals surface area contributed by atoms with Crippen LogP contribution in [0.5, 0.6) is 11.5 Å². The third-order valence-corrected chi connectivity index (χ3v) is 5.31. The molecule has 0 bridgehead atoms. The first-order chi connectivity index (χ1) is 16.3. The fourth-order valence-corrected chi connectivity index (χ4v) is 3.94. The zero-order chi connectivity index (χ0) is 25.5. The lowest BCUT2D eigenvalue weighted by atomic mass is 9.77. The molecule has 2 aliphatic heterocycles. The van der Waals surface area contributed by atoms with Crippen molar-refractivity contribution in [2.24, 2.45) is 0 Å². The van der Waals surface area contributed by atoms with Crippen molar-refractivity contribution in [3.63, 3.8) is 0 Å². The van der Waals surface area contributed by atoms with Gasteiger partial charge >= 0.3 is 5.97 Å². The minimum Gasteiger partial charge on any atom is -0.512 e. The fourth-order valence-electron chi connectivity index (χ4n) is 3.82. The zero-order valence-corrected chi connectivity index (χ0v) is 21.4. The molecule has 0 aliphatic carbocycles. The Morgan fingerprint density at radius 3 is 2.47 bits per heavy atom. The predicted molar refractivity (Wildman–Crippen MR) is 140 cm³/mol. The van der Waals surface area contributed by atoms with Crippen LogP contribution in [0.25, 0.3) is 0 Å². The summed E-state index contributed by atoms with van der Waals surface area (Å²) in [6.07, 6.45) is 3.79. The van der Waals surface area contributed by atoms with Gasteiger partial charge in [0.2, 0.25) is 0 Å². The highest BCUT2D eigenvalue weighted by Gasteiger charge is 2.53. The summed E-state index contributed by atoms with van der Waals surface area (Å²) in [5, 5.41) is 22.9. The fraction of sp³-hybridized carbons (Fsp3) is 0.333. The van der Waals surface area contributed by atoms with Crippen molar-refractivity contribution in [2.75, 3.05) is 11.9 Å². The monoisotopic (exact) mass is 483 g/mol. The van der Waals surface area contributed by atoms with Crippen molar-refractivity contribution in [1.82, 2.24) is 0 Å². The molecule has 7 heteroatoms. The molecule has 0 aromatic heterocycles. The summed E-state index contributed by atoms with van der Waals surface area (Å²) in [6, 6.07) is 10.1. The maximum Gasteiger partial charge on any atom is 0.340 e. The Hall–Kier alpha value is -3.32. The first kappa shape index (κ1) is 26.9. The summed E-state index contributed by atoms with van der Waals surface area (Å²) in [5.74, 6) is 0.231. The van der Waals surface area contributed by atoms with Crippen molar-refractivity contribution in [2.45, 2.75) is 53.6 Å². The van der Waals surface area contributed by atoms with Crippen LogP contribution in [0.2, 0.25) is 0 Å². The molecule has 0 saturated carbocycles. The SMILES string of the molecule is CC.CC.CC/C(O)=C\C=C1/COc2cc(O)ccc2C12OC(=O)c1cc(NC(C)=S)ccc12. The third kappa shape index (κ3) is 5.09. The van der Waals surface area contributed by atoms with Gasteiger partial charge in [0.1, 0.15) is 18.1 Å². The Labute approximate surface area is 206 Å². The zero-order valence-electron chi connectivity index (χ0n) is 20.6. The number of fused-ring (bicyclic) bond motifs is 4. The van der Waals surface area contributed by atoms with E-state index in [-0.39, 0.29) is 18.1 Å². The lowest BCUT2D eigenvalue weighted by Crippen LogP contribution is -2.37. The van der Waals surface area contributed by atoms with Crippen molar-refractivity contribution in [3.8, 4) is 11.5 Å². The lowest BCUT2D eigenvalue weighted by molar-refractivity contribution is 0.0165. The van der Waals surface area contributed by atoms with E-state index in [1.807, 2.05) is 46.8 Å². The summed E-state index contributed by atoms with van der Waals surface area (Å²) in [7, 11) is 0. The van der Waals surface area contributed by atoms with Gasteiger partial charge in [-0.2, -0.15) is 0 Å². The van der Waals surface area contributed by atoms with Crippen LogP contribution in [0.15, 0.2) is 59.9 Å². The highest BCUT2D eigenvalue weighted by molar-refractivity contribution is 7.80. The molecule has 0 saturated heterocycles. The second kappa shape index (κ2) is 11.7. The minimum absolute atomic E-state index is 0.0559. The van der Waals surface area contributed by atoms with Crippen LogP contribution >= 0.6 is 12.2 Å². The third-order valence-electron chi connectivity index (χ3n) is 5.20. The standard InChI is InChI=1S/C23H21NO5S.2C2H6/c1-3-16(25)6-4-14-12-28-21-11-17(26)7-9-20(21)23(14)19-8-5-15(24-13(2)30)10-18(19)22(27)29-23;2*1-2/h4-11,25-26H,3,12H2,1-2H3,(H,24,30);2*1-2H3/b14-4+,16-6+;;. The van der Waals surface area contributed by atoms with E-state index in [1.54, 1.807) is 31.2 Å². The number of benzene rings is 2. The quantitative estimate of drug-likeness (QED) is 0.252. The van der Waals surface area contributed by atoms with E-state index < -0.39 is 11.6 Å². The molecule has 1 spiro atoms. The van der Waals surface area contributed by atoms with Crippen LogP contribution in [0.1, 0.15) is 69.4 Å². The second-order valence-electron chi connectivity index (χ2n) is 7.18.